The van der Waals surface area contributed by atoms with Gasteiger partial charge in [-0.1, -0.05) is 48.5 Å². The second kappa shape index (κ2) is 7.49. The highest BCUT2D eigenvalue weighted by Crippen LogP contribution is 2.53. The number of benzene rings is 3. The van der Waals surface area contributed by atoms with Crippen molar-refractivity contribution in [1.29, 1.82) is 0 Å². The molecule has 0 spiro atoms. The van der Waals surface area contributed by atoms with Gasteiger partial charge >= 0.3 is 5.97 Å². The summed E-state index contributed by atoms with van der Waals surface area (Å²) < 4.78 is 16.5. The first kappa shape index (κ1) is 20.1. The maximum Gasteiger partial charge on any atom is 0.327 e. The van der Waals surface area contributed by atoms with Crippen molar-refractivity contribution in [1.82, 2.24) is 4.90 Å². The summed E-state index contributed by atoms with van der Waals surface area (Å²) in [4.78, 5) is 15.5. The van der Waals surface area contributed by atoms with Gasteiger partial charge in [-0.15, -0.1) is 0 Å². The lowest BCUT2D eigenvalue weighted by Crippen LogP contribution is -2.41. The molecule has 2 heterocycles. The number of carbonyl (C=O) groups excluding carboxylic acids is 1. The molecular formula is C28H25NO4. The molecule has 2 aliphatic heterocycles. The second-order valence-corrected chi connectivity index (χ2v) is 8.66. The second-order valence-electron chi connectivity index (χ2n) is 8.66. The summed E-state index contributed by atoms with van der Waals surface area (Å²) >= 11 is 0. The van der Waals surface area contributed by atoms with E-state index in [2.05, 4.69) is 65.6 Å². The minimum absolute atomic E-state index is 0.0981. The molecule has 0 saturated carbocycles. The van der Waals surface area contributed by atoms with E-state index in [0.717, 1.165) is 35.4 Å². The predicted molar refractivity (Wildman–Crippen MR) is 126 cm³/mol. The van der Waals surface area contributed by atoms with Crippen LogP contribution in [0.1, 0.15) is 39.9 Å². The minimum atomic E-state index is -0.487. The van der Waals surface area contributed by atoms with E-state index < -0.39 is 6.04 Å². The van der Waals surface area contributed by atoms with E-state index in [1.54, 1.807) is 14.2 Å². The molecule has 3 aliphatic rings. The molecule has 0 amide bonds. The first-order chi connectivity index (χ1) is 16.2. The molecule has 166 valence electrons. The van der Waals surface area contributed by atoms with Gasteiger partial charge in [0.15, 0.2) is 11.5 Å². The van der Waals surface area contributed by atoms with Crippen molar-refractivity contribution in [3.8, 4) is 22.6 Å². The first-order valence-corrected chi connectivity index (χ1v) is 11.2. The third kappa shape index (κ3) is 2.79. The molecule has 2 atom stereocenters. The molecule has 0 fully saturated rings. The molecule has 1 unspecified atom stereocenters. The number of nitrogens with zero attached hydrogens (tertiary/aromatic N) is 1. The zero-order valence-corrected chi connectivity index (χ0v) is 18.9. The van der Waals surface area contributed by atoms with Crippen molar-refractivity contribution in [3.05, 3.63) is 88.5 Å². The molecule has 0 aromatic heterocycles. The fraction of sp³-hybridized carbons (Fsp3) is 0.250. The number of esters is 1. The van der Waals surface area contributed by atoms with E-state index in [9.17, 15) is 4.79 Å². The highest BCUT2D eigenvalue weighted by atomic mass is 16.5. The van der Waals surface area contributed by atoms with Crippen LogP contribution in [-0.2, 0) is 16.0 Å². The van der Waals surface area contributed by atoms with Crippen LogP contribution in [0, 0.1) is 0 Å². The van der Waals surface area contributed by atoms with Crippen LogP contribution in [0.4, 0.5) is 0 Å². The Morgan fingerprint density at radius 3 is 2.36 bits per heavy atom. The van der Waals surface area contributed by atoms with Gasteiger partial charge in [-0.3, -0.25) is 4.90 Å². The van der Waals surface area contributed by atoms with Gasteiger partial charge in [0.1, 0.15) is 6.04 Å². The average Bonchev–Trinajstić information content (AvgIpc) is 3.09. The van der Waals surface area contributed by atoms with E-state index in [1.165, 1.54) is 34.9 Å². The monoisotopic (exact) mass is 439 g/mol. The smallest absolute Gasteiger partial charge is 0.327 e. The Labute approximate surface area is 193 Å². The van der Waals surface area contributed by atoms with Gasteiger partial charge < -0.3 is 14.2 Å². The Bertz CT molecular complexity index is 1330. The Morgan fingerprint density at radius 1 is 0.879 bits per heavy atom. The zero-order chi connectivity index (χ0) is 22.7. The molecule has 33 heavy (non-hydrogen) atoms. The Hall–Kier alpha value is -3.57. The lowest BCUT2D eigenvalue weighted by Gasteiger charge is -2.39. The van der Waals surface area contributed by atoms with Gasteiger partial charge in [0.25, 0.3) is 0 Å². The number of rotatable bonds is 3. The number of methoxy groups -OCH3 is 3. The van der Waals surface area contributed by atoms with Crippen LogP contribution < -0.4 is 9.47 Å². The van der Waals surface area contributed by atoms with Crippen molar-refractivity contribution >= 4 is 11.5 Å². The molecule has 0 N–H and O–H groups in total. The van der Waals surface area contributed by atoms with Crippen LogP contribution in [0.2, 0.25) is 0 Å². The molecule has 3 aromatic rings. The van der Waals surface area contributed by atoms with E-state index in [0.29, 0.717) is 5.75 Å². The average molecular weight is 440 g/mol. The third-order valence-corrected chi connectivity index (χ3v) is 7.21. The topological polar surface area (TPSA) is 48.0 Å². The lowest BCUT2D eigenvalue weighted by atomic mass is 9.89. The normalized spacial score (nSPS) is 19.9. The van der Waals surface area contributed by atoms with Crippen molar-refractivity contribution in [2.75, 3.05) is 27.9 Å². The largest absolute Gasteiger partial charge is 0.493 e. The van der Waals surface area contributed by atoms with Crippen LogP contribution in [-0.4, -0.2) is 38.7 Å². The predicted octanol–water partition coefficient (Wildman–Crippen LogP) is 4.94. The van der Waals surface area contributed by atoms with Crippen molar-refractivity contribution in [2.24, 2.45) is 0 Å². The summed E-state index contributed by atoms with van der Waals surface area (Å²) in [6, 6.07) is 18.3. The summed E-state index contributed by atoms with van der Waals surface area (Å²) in [5.41, 5.74) is 9.28. The van der Waals surface area contributed by atoms with Crippen LogP contribution in [0.3, 0.4) is 0 Å². The van der Waals surface area contributed by atoms with Crippen molar-refractivity contribution < 1.29 is 19.0 Å². The van der Waals surface area contributed by atoms with Gasteiger partial charge in [-0.05, 0) is 63.1 Å². The molecule has 5 heteroatoms. The Kier molecular flexibility index (Phi) is 4.56. The van der Waals surface area contributed by atoms with Gasteiger partial charge in [0.2, 0.25) is 0 Å². The molecular weight excluding hydrogens is 414 g/mol. The molecule has 5 nitrogen and oxygen atoms in total. The van der Waals surface area contributed by atoms with Gasteiger partial charge in [-0.2, -0.15) is 0 Å². The zero-order valence-electron chi connectivity index (χ0n) is 18.9. The Morgan fingerprint density at radius 2 is 1.61 bits per heavy atom. The maximum atomic E-state index is 13.3. The van der Waals surface area contributed by atoms with Crippen LogP contribution in [0.5, 0.6) is 11.5 Å². The SMILES string of the molecule is COC(=O)[C@@H]1c2cccc3c2C(=CC2c4cc(OC)c(OC)cc4CCN21)c1ccccc1-3. The number of hydrogen-bond donors (Lipinski definition) is 0. The standard InChI is InChI=1S/C28H25NO4/c1-31-24-13-16-11-12-29-23(21(16)15-25(24)32-2)14-22-18-8-5-4-7-17(18)19-9-6-10-20(26(19)22)27(29)28(30)33-3/h4-10,13-15,23,27H,11-12H2,1-3H3/t23?,27-/m0/s1. The van der Waals surface area contributed by atoms with Gasteiger partial charge in [0, 0.05) is 6.54 Å². The quantitative estimate of drug-likeness (QED) is 0.423. The van der Waals surface area contributed by atoms with E-state index >= 15 is 0 Å². The summed E-state index contributed by atoms with van der Waals surface area (Å²) in [5, 5.41) is 0. The number of carbonyl (C=O) groups is 1. The third-order valence-electron chi connectivity index (χ3n) is 7.21. The minimum Gasteiger partial charge on any atom is -0.493 e. The molecule has 0 radical (unpaired) electrons. The van der Waals surface area contributed by atoms with Gasteiger partial charge in [-0.25, -0.2) is 4.79 Å². The highest BCUT2D eigenvalue weighted by molar-refractivity contribution is 6.04. The number of ether oxygens (including phenoxy) is 3. The van der Waals surface area contributed by atoms with Crippen molar-refractivity contribution in [3.63, 3.8) is 0 Å². The summed E-state index contributed by atoms with van der Waals surface area (Å²) in [6.45, 7) is 0.738. The van der Waals surface area contributed by atoms with Crippen molar-refractivity contribution in [2.45, 2.75) is 18.5 Å². The molecule has 6 rings (SSSR count). The van der Waals surface area contributed by atoms with Crippen LogP contribution >= 0.6 is 0 Å². The van der Waals surface area contributed by atoms with Gasteiger partial charge in [0.05, 0.1) is 27.4 Å². The van der Waals surface area contributed by atoms with Crippen LogP contribution in [0.15, 0.2) is 60.7 Å². The summed E-state index contributed by atoms with van der Waals surface area (Å²) in [6.07, 6.45) is 3.13. The van der Waals surface area contributed by atoms with E-state index in [4.69, 9.17) is 14.2 Å². The molecule has 0 saturated heterocycles. The lowest BCUT2D eigenvalue weighted by molar-refractivity contribution is -0.148. The number of fused-ring (bicyclic) bond motifs is 6. The van der Waals surface area contributed by atoms with E-state index in [1.807, 2.05) is 0 Å². The fourth-order valence-electron chi connectivity index (χ4n) is 5.77. The van der Waals surface area contributed by atoms with Crippen LogP contribution in [0.25, 0.3) is 16.7 Å². The number of hydrogen-bond acceptors (Lipinski definition) is 5. The first-order valence-electron chi connectivity index (χ1n) is 11.2. The van der Waals surface area contributed by atoms with E-state index in [-0.39, 0.29) is 12.0 Å². The molecule has 1 aliphatic carbocycles. The fourth-order valence-corrected chi connectivity index (χ4v) is 5.77. The highest BCUT2D eigenvalue weighted by Gasteiger charge is 2.43. The molecule has 3 aromatic carbocycles. The molecule has 0 bridgehead atoms. The summed E-state index contributed by atoms with van der Waals surface area (Å²) in [7, 11) is 4.79. The maximum absolute atomic E-state index is 13.3. The summed E-state index contributed by atoms with van der Waals surface area (Å²) in [5.74, 6) is 1.19. The Balaban J connectivity index is 1.65.